The Hall–Kier alpha value is -1.20. The second kappa shape index (κ2) is 5.46. The van der Waals surface area contributed by atoms with Gasteiger partial charge in [0.2, 0.25) is 0 Å². The largest absolute Gasteiger partial charge is 0.387 e. The molecule has 1 aromatic rings. The van der Waals surface area contributed by atoms with Gasteiger partial charge in [0.25, 0.3) is 0 Å². The summed E-state index contributed by atoms with van der Waals surface area (Å²) in [6.07, 6.45) is 1.92. The molecule has 3 aliphatic rings. The summed E-state index contributed by atoms with van der Waals surface area (Å²) >= 11 is 1.74. The number of amides is 2. The molecule has 1 aliphatic heterocycles. The number of rotatable bonds is 4. The molecule has 2 fully saturated rings. The Morgan fingerprint density at radius 1 is 1.36 bits per heavy atom. The minimum Gasteiger partial charge on any atom is -0.387 e. The number of aliphatic hydroxyl groups is 1. The first-order chi connectivity index (χ1) is 10.7. The fourth-order valence-electron chi connectivity index (χ4n) is 4.02. The average molecular weight is 318 g/mol. The minimum absolute atomic E-state index is 0.149. The molecular formula is C17H22N2O2S. The lowest BCUT2D eigenvalue weighted by Crippen LogP contribution is -2.46. The highest BCUT2D eigenvalue weighted by Crippen LogP contribution is 2.60. The van der Waals surface area contributed by atoms with Gasteiger partial charge in [-0.1, -0.05) is 24.3 Å². The van der Waals surface area contributed by atoms with E-state index in [2.05, 4.69) is 34.9 Å². The first kappa shape index (κ1) is 14.4. The highest BCUT2D eigenvalue weighted by molar-refractivity contribution is 7.99. The van der Waals surface area contributed by atoms with E-state index in [0.29, 0.717) is 24.3 Å². The number of benzene rings is 1. The lowest BCUT2D eigenvalue weighted by atomic mass is 10.0. The van der Waals surface area contributed by atoms with Gasteiger partial charge in [0, 0.05) is 18.8 Å². The Balaban J connectivity index is 1.23. The number of hydrogen-bond acceptors (Lipinski definition) is 3. The molecule has 118 valence electrons. The van der Waals surface area contributed by atoms with Gasteiger partial charge in [-0.3, -0.25) is 0 Å². The molecule has 4 atom stereocenters. The zero-order valence-electron chi connectivity index (χ0n) is 12.5. The van der Waals surface area contributed by atoms with Gasteiger partial charge in [-0.25, -0.2) is 4.79 Å². The van der Waals surface area contributed by atoms with E-state index in [-0.39, 0.29) is 6.03 Å². The summed E-state index contributed by atoms with van der Waals surface area (Å²) in [5, 5.41) is 16.0. The summed E-state index contributed by atoms with van der Waals surface area (Å²) in [4.78, 5) is 11.9. The van der Waals surface area contributed by atoms with E-state index in [9.17, 15) is 9.90 Å². The molecule has 4 unspecified atom stereocenters. The van der Waals surface area contributed by atoms with E-state index in [1.54, 1.807) is 11.8 Å². The molecule has 0 spiro atoms. The first-order valence-electron chi connectivity index (χ1n) is 8.06. The smallest absolute Gasteiger partial charge is 0.314 e. The van der Waals surface area contributed by atoms with Crippen LogP contribution in [0.15, 0.2) is 24.3 Å². The van der Waals surface area contributed by atoms with Crippen molar-refractivity contribution in [1.82, 2.24) is 10.6 Å². The second-order valence-corrected chi connectivity index (χ2v) is 7.95. The third-order valence-electron chi connectivity index (χ3n) is 5.36. The van der Waals surface area contributed by atoms with Crippen molar-refractivity contribution in [1.29, 1.82) is 0 Å². The molecule has 1 saturated carbocycles. The Kier molecular flexibility index (Phi) is 3.57. The van der Waals surface area contributed by atoms with Crippen LogP contribution in [0.4, 0.5) is 4.79 Å². The van der Waals surface area contributed by atoms with Gasteiger partial charge in [-0.05, 0) is 47.5 Å². The zero-order chi connectivity index (χ0) is 15.2. The van der Waals surface area contributed by atoms with Gasteiger partial charge in [-0.15, -0.1) is 0 Å². The maximum Gasteiger partial charge on any atom is 0.314 e. The van der Waals surface area contributed by atoms with Crippen molar-refractivity contribution in [3.05, 3.63) is 35.4 Å². The van der Waals surface area contributed by atoms with Crippen molar-refractivity contribution in [3.63, 3.8) is 0 Å². The molecule has 4 rings (SSSR count). The number of thioether (sulfide) groups is 1. The fourth-order valence-corrected chi connectivity index (χ4v) is 5.31. The van der Waals surface area contributed by atoms with Gasteiger partial charge in [0.15, 0.2) is 0 Å². The summed E-state index contributed by atoms with van der Waals surface area (Å²) in [5.74, 6) is 3.65. The van der Waals surface area contributed by atoms with E-state index in [1.165, 1.54) is 11.1 Å². The SMILES string of the molecule is O=C(NCC1C2Cc3ccccc3C12)NCC1(O)CCSC1. The molecular weight excluding hydrogens is 296 g/mol. The molecule has 22 heavy (non-hydrogen) atoms. The van der Waals surface area contributed by atoms with Crippen molar-refractivity contribution in [2.75, 3.05) is 24.6 Å². The number of hydrogen-bond donors (Lipinski definition) is 3. The van der Waals surface area contributed by atoms with Crippen molar-refractivity contribution in [2.24, 2.45) is 11.8 Å². The van der Waals surface area contributed by atoms with Crippen LogP contribution in [0.1, 0.15) is 23.5 Å². The predicted molar refractivity (Wildman–Crippen MR) is 88.2 cm³/mol. The van der Waals surface area contributed by atoms with E-state index in [0.717, 1.165) is 30.9 Å². The monoisotopic (exact) mass is 318 g/mol. The second-order valence-electron chi connectivity index (χ2n) is 6.85. The molecule has 2 aliphatic carbocycles. The van der Waals surface area contributed by atoms with Gasteiger partial charge >= 0.3 is 6.03 Å². The third kappa shape index (κ3) is 2.61. The quantitative estimate of drug-likeness (QED) is 0.792. The van der Waals surface area contributed by atoms with Gasteiger partial charge in [0.1, 0.15) is 0 Å². The molecule has 4 nitrogen and oxygen atoms in total. The average Bonchev–Trinajstić information content (AvgIpc) is 2.86. The fraction of sp³-hybridized carbons (Fsp3) is 0.588. The Morgan fingerprint density at radius 3 is 3.05 bits per heavy atom. The normalized spacial score (nSPS) is 34.9. The predicted octanol–water partition coefficient (Wildman–Crippen LogP) is 1.74. The number of urea groups is 1. The molecule has 1 heterocycles. The number of carbonyl (C=O) groups excluding carboxylic acids is 1. The standard InChI is InChI=1S/C17H22N2O2S/c20-16(19-9-17(21)5-6-22-10-17)18-8-14-13-7-11-3-1-2-4-12(11)15(13)14/h1-4,13-15,21H,5-10H2,(H2,18,19,20). The Bertz CT molecular complexity index is 586. The Morgan fingerprint density at radius 2 is 2.23 bits per heavy atom. The summed E-state index contributed by atoms with van der Waals surface area (Å²) in [6, 6.07) is 8.52. The van der Waals surface area contributed by atoms with Crippen LogP contribution in [0.5, 0.6) is 0 Å². The van der Waals surface area contributed by atoms with Crippen molar-refractivity contribution in [2.45, 2.75) is 24.4 Å². The molecule has 2 amide bonds. The van der Waals surface area contributed by atoms with Crippen molar-refractivity contribution < 1.29 is 9.90 Å². The van der Waals surface area contributed by atoms with Gasteiger partial charge < -0.3 is 15.7 Å². The van der Waals surface area contributed by atoms with Crippen LogP contribution in [0.2, 0.25) is 0 Å². The maximum absolute atomic E-state index is 11.9. The van der Waals surface area contributed by atoms with Crippen LogP contribution in [0.3, 0.4) is 0 Å². The molecule has 1 aromatic carbocycles. The molecule has 5 heteroatoms. The maximum atomic E-state index is 11.9. The van der Waals surface area contributed by atoms with E-state index in [4.69, 9.17) is 0 Å². The van der Waals surface area contributed by atoms with Crippen LogP contribution in [0.25, 0.3) is 0 Å². The van der Waals surface area contributed by atoms with E-state index in [1.807, 2.05) is 0 Å². The first-order valence-corrected chi connectivity index (χ1v) is 9.21. The lowest BCUT2D eigenvalue weighted by molar-refractivity contribution is 0.0700. The molecule has 0 aromatic heterocycles. The van der Waals surface area contributed by atoms with Crippen LogP contribution in [-0.4, -0.2) is 41.3 Å². The number of fused-ring (bicyclic) bond motifs is 3. The van der Waals surface area contributed by atoms with Crippen LogP contribution >= 0.6 is 11.8 Å². The van der Waals surface area contributed by atoms with Crippen molar-refractivity contribution >= 4 is 17.8 Å². The zero-order valence-corrected chi connectivity index (χ0v) is 13.4. The number of carbonyl (C=O) groups is 1. The van der Waals surface area contributed by atoms with E-state index < -0.39 is 5.60 Å². The van der Waals surface area contributed by atoms with Crippen molar-refractivity contribution in [3.8, 4) is 0 Å². The lowest BCUT2D eigenvalue weighted by Gasteiger charge is -2.21. The highest BCUT2D eigenvalue weighted by Gasteiger charge is 2.55. The summed E-state index contributed by atoms with van der Waals surface area (Å²) in [5.41, 5.74) is 2.26. The molecule has 0 radical (unpaired) electrons. The van der Waals surface area contributed by atoms with Crippen LogP contribution in [-0.2, 0) is 6.42 Å². The van der Waals surface area contributed by atoms with Gasteiger partial charge in [0.05, 0.1) is 5.60 Å². The highest BCUT2D eigenvalue weighted by atomic mass is 32.2. The Labute approximate surface area is 135 Å². The molecule has 3 N–H and O–H groups in total. The number of nitrogens with one attached hydrogen (secondary N) is 2. The summed E-state index contributed by atoms with van der Waals surface area (Å²) < 4.78 is 0. The van der Waals surface area contributed by atoms with Gasteiger partial charge in [-0.2, -0.15) is 11.8 Å². The van der Waals surface area contributed by atoms with Crippen LogP contribution in [0, 0.1) is 11.8 Å². The summed E-state index contributed by atoms with van der Waals surface area (Å²) in [7, 11) is 0. The molecule has 0 bridgehead atoms. The molecule has 1 saturated heterocycles. The van der Waals surface area contributed by atoms with Crippen LogP contribution < -0.4 is 10.6 Å². The minimum atomic E-state index is -0.711. The third-order valence-corrected chi connectivity index (χ3v) is 6.59. The summed E-state index contributed by atoms with van der Waals surface area (Å²) in [6.45, 7) is 1.09. The van der Waals surface area contributed by atoms with E-state index >= 15 is 0 Å². The topological polar surface area (TPSA) is 61.4 Å².